The first-order valence-corrected chi connectivity index (χ1v) is 13.9. The molecule has 3 heterocycles. The molecule has 0 aliphatic rings. The van der Waals surface area contributed by atoms with Gasteiger partial charge in [-0.25, -0.2) is 0 Å². The van der Waals surface area contributed by atoms with Crippen molar-refractivity contribution in [2.24, 2.45) is 0 Å². The summed E-state index contributed by atoms with van der Waals surface area (Å²) < 4.78 is 8.50. The van der Waals surface area contributed by atoms with Crippen molar-refractivity contribution in [1.82, 2.24) is 9.30 Å². The number of nitrogens with zero attached hydrogens (tertiary/aromatic N) is 2. The maximum Gasteiger partial charge on any atom is 0.222 e. The first-order valence-electron chi connectivity index (χ1n) is 13.9. The molecule has 196 valence electrons. The first-order chi connectivity index (χ1) is 18.6. The number of aryl methyl sites for hydroxylation is 2. The molecule has 0 atom stereocenters. The summed E-state index contributed by atoms with van der Waals surface area (Å²) in [5.74, 6) is 1.12. The van der Waals surface area contributed by atoms with Crippen molar-refractivity contribution in [3.05, 3.63) is 95.6 Å². The van der Waals surface area contributed by atoms with E-state index < -0.39 is 0 Å². The van der Waals surface area contributed by atoms with Crippen LogP contribution < -0.4 is 4.74 Å². The molecule has 0 aliphatic carbocycles. The Morgan fingerprint density at radius 1 is 0.816 bits per heavy atom. The summed E-state index contributed by atoms with van der Waals surface area (Å²) in [7, 11) is 3.66. The van der Waals surface area contributed by atoms with Gasteiger partial charge in [0.1, 0.15) is 12.4 Å². The van der Waals surface area contributed by atoms with Gasteiger partial charge in [-0.2, -0.15) is 0 Å². The highest BCUT2D eigenvalue weighted by Gasteiger charge is 2.20. The van der Waals surface area contributed by atoms with Gasteiger partial charge < -0.3 is 14.0 Å². The molecule has 0 spiro atoms. The van der Waals surface area contributed by atoms with E-state index >= 15 is 0 Å². The zero-order valence-electron chi connectivity index (χ0n) is 22.9. The maximum absolute atomic E-state index is 11.8. The maximum atomic E-state index is 11.8. The highest BCUT2D eigenvalue weighted by atomic mass is 16.5. The number of hydrogen-bond acceptors (Lipinski definition) is 2. The summed E-state index contributed by atoms with van der Waals surface area (Å²) >= 11 is 0. The Morgan fingerprint density at radius 3 is 2.29 bits per heavy atom. The SMILES string of the molecule is CCc1c(-c2ccc(OCc3ccccc3)cc2)c2cc(CCCCCCC(=O)N(C)C)c3cccc1n32. The second-order valence-electron chi connectivity index (χ2n) is 10.4. The summed E-state index contributed by atoms with van der Waals surface area (Å²) in [6.45, 7) is 2.82. The third kappa shape index (κ3) is 5.40. The molecule has 5 rings (SSSR count). The van der Waals surface area contributed by atoms with E-state index in [1.54, 1.807) is 4.90 Å². The Bertz CT molecular complexity index is 1480. The van der Waals surface area contributed by atoms with Crippen LogP contribution in [-0.4, -0.2) is 29.3 Å². The number of unbranched alkanes of at least 4 members (excludes halogenated alkanes) is 3. The van der Waals surface area contributed by atoms with Gasteiger partial charge in [0.2, 0.25) is 5.91 Å². The highest BCUT2D eigenvalue weighted by molar-refractivity contribution is 5.96. The van der Waals surface area contributed by atoms with E-state index in [4.69, 9.17) is 4.74 Å². The first kappa shape index (κ1) is 25.8. The van der Waals surface area contributed by atoms with Gasteiger partial charge in [-0.05, 0) is 78.3 Å². The zero-order valence-corrected chi connectivity index (χ0v) is 22.9. The quantitative estimate of drug-likeness (QED) is 0.161. The molecular formula is C34H38N2O2. The predicted octanol–water partition coefficient (Wildman–Crippen LogP) is 7.92. The van der Waals surface area contributed by atoms with Gasteiger partial charge in [-0.15, -0.1) is 0 Å². The van der Waals surface area contributed by atoms with Crippen LogP contribution in [-0.2, 0) is 24.2 Å². The predicted molar refractivity (Wildman–Crippen MR) is 157 cm³/mol. The monoisotopic (exact) mass is 506 g/mol. The van der Waals surface area contributed by atoms with Gasteiger partial charge in [0.05, 0.1) is 11.0 Å². The van der Waals surface area contributed by atoms with Crippen molar-refractivity contribution in [3.63, 3.8) is 0 Å². The molecule has 0 unspecified atom stereocenters. The largest absolute Gasteiger partial charge is 0.489 e. The molecule has 0 N–H and O–H groups in total. The van der Waals surface area contributed by atoms with E-state index in [1.165, 1.54) is 44.4 Å². The number of hydrogen-bond donors (Lipinski definition) is 0. The van der Waals surface area contributed by atoms with Crippen LogP contribution in [0.3, 0.4) is 0 Å². The molecule has 0 radical (unpaired) electrons. The van der Waals surface area contributed by atoms with Crippen molar-refractivity contribution in [2.45, 2.75) is 58.5 Å². The minimum absolute atomic E-state index is 0.226. The number of benzene rings is 2. The van der Waals surface area contributed by atoms with E-state index in [9.17, 15) is 4.79 Å². The van der Waals surface area contributed by atoms with Crippen LogP contribution in [0.15, 0.2) is 78.9 Å². The third-order valence-electron chi connectivity index (χ3n) is 7.57. The van der Waals surface area contributed by atoms with E-state index in [2.05, 4.69) is 72.0 Å². The Hall–Kier alpha value is -3.79. The second kappa shape index (κ2) is 11.7. The Kier molecular flexibility index (Phi) is 7.97. The number of ether oxygens (including phenoxy) is 1. The Morgan fingerprint density at radius 2 is 1.55 bits per heavy atom. The number of carbonyl (C=O) groups excluding carboxylic acids is 1. The fourth-order valence-corrected chi connectivity index (χ4v) is 5.53. The van der Waals surface area contributed by atoms with Crippen LogP contribution in [0.2, 0.25) is 0 Å². The van der Waals surface area contributed by atoms with Crippen molar-refractivity contribution in [3.8, 4) is 16.9 Å². The Labute approximate surface area is 226 Å². The van der Waals surface area contributed by atoms with Crippen LogP contribution in [0.4, 0.5) is 0 Å². The molecule has 5 aromatic rings. The van der Waals surface area contributed by atoms with Crippen LogP contribution >= 0.6 is 0 Å². The average Bonchev–Trinajstić information content (AvgIpc) is 3.47. The van der Waals surface area contributed by atoms with Crippen LogP contribution in [0, 0.1) is 0 Å². The van der Waals surface area contributed by atoms with Gasteiger partial charge in [0.15, 0.2) is 0 Å². The smallest absolute Gasteiger partial charge is 0.222 e. The summed E-state index contributed by atoms with van der Waals surface area (Å²) in [4.78, 5) is 13.5. The van der Waals surface area contributed by atoms with E-state index in [-0.39, 0.29) is 5.91 Å². The standard InChI is InChI=1S/C34H38N2O2/c1-4-29-31-17-12-16-30-27(15-10-5-6-11-18-33(37)35(2)3)23-32(36(30)31)34(29)26-19-21-28(22-20-26)38-24-25-13-8-7-9-14-25/h7-9,12-14,16-17,19-23H,4-6,10-11,15,18,24H2,1-3H3. The topological polar surface area (TPSA) is 34.0 Å². The van der Waals surface area contributed by atoms with Gasteiger partial charge in [-0.1, -0.05) is 68.3 Å². The molecule has 0 fully saturated rings. The lowest BCUT2D eigenvalue weighted by atomic mass is 9.98. The molecular weight excluding hydrogens is 468 g/mol. The number of pyridine rings is 1. The van der Waals surface area contributed by atoms with Crippen LogP contribution in [0.5, 0.6) is 5.75 Å². The summed E-state index contributed by atoms with van der Waals surface area (Å²) in [6, 6.07) is 28.0. The average molecular weight is 507 g/mol. The molecule has 3 aromatic heterocycles. The molecule has 0 saturated heterocycles. The number of rotatable bonds is 12. The number of amides is 1. The van der Waals surface area contributed by atoms with Gasteiger partial charge in [0, 0.05) is 31.6 Å². The van der Waals surface area contributed by atoms with Crippen molar-refractivity contribution in [1.29, 1.82) is 0 Å². The third-order valence-corrected chi connectivity index (χ3v) is 7.57. The molecule has 0 saturated carbocycles. The van der Waals surface area contributed by atoms with Crippen molar-refractivity contribution >= 4 is 22.5 Å². The van der Waals surface area contributed by atoms with Gasteiger partial charge >= 0.3 is 0 Å². The molecule has 2 aromatic carbocycles. The number of carbonyl (C=O) groups is 1. The second-order valence-corrected chi connectivity index (χ2v) is 10.4. The lowest BCUT2D eigenvalue weighted by Crippen LogP contribution is -2.20. The minimum atomic E-state index is 0.226. The van der Waals surface area contributed by atoms with Crippen LogP contribution in [0.25, 0.3) is 27.7 Å². The van der Waals surface area contributed by atoms with Crippen molar-refractivity contribution < 1.29 is 9.53 Å². The summed E-state index contributed by atoms with van der Waals surface area (Å²) in [5.41, 5.74) is 10.5. The zero-order chi connectivity index (χ0) is 26.5. The lowest BCUT2D eigenvalue weighted by Gasteiger charge is -2.09. The summed E-state index contributed by atoms with van der Waals surface area (Å²) in [5, 5.41) is 0. The van der Waals surface area contributed by atoms with Gasteiger partial charge in [-0.3, -0.25) is 4.79 Å². The fourth-order valence-electron chi connectivity index (χ4n) is 5.53. The van der Waals surface area contributed by atoms with E-state index in [0.29, 0.717) is 13.0 Å². The highest BCUT2D eigenvalue weighted by Crippen LogP contribution is 2.39. The Balaban J connectivity index is 1.33. The van der Waals surface area contributed by atoms with E-state index in [0.717, 1.165) is 44.3 Å². The molecule has 0 aliphatic heterocycles. The molecule has 38 heavy (non-hydrogen) atoms. The molecule has 4 heteroatoms. The number of aromatic nitrogens is 1. The molecule has 4 nitrogen and oxygen atoms in total. The van der Waals surface area contributed by atoms with Gasteiger partial charge in [0.25, 0.3) is 0 Å². The molecule has 0 bridgehead atoms. The van der Waals surface area contributed by atoms with Crippen LogP contribution in [0.1, 0.15) is 55.7 Å². The van der Waals surface area contributed by atoms with E-state index in [1.807, 2.05) is 32.3 Å². The van der Waals surface area contributed by atoms with Crippen molar-refractivity contribution in [2.75, 3.05) is 14.1 Å². The molecule has 1 amide bonds. The minimum Gasteiger partial charge on any atom is -0.489 e. The lowest BCUT2D eigenvalue weighted by molar-refractivity contribution is -0.128. The summed E-state index contributed by atoms with van der Waals surface area (Å²) in [6.07, 6.45) is 7.08. The normalized spacial score (nSPS) is 11.4. The fraction of sp³-hybridized carbons (Fsp3) is 0.324.